The molecule has 0 radical (unpaired) electrons. The van der Waals surface area contributed by atoms with Gasteiger partial charge in [0.15, 0.2) is 0 Å². The third kappa shape index (κ3) is 6.86. The molecule has 3 unspecified atom stereocenters. The molecule has 1 aliphatic rings. The van der Waals surface area contributed by atoms with Crippen LogP contribution in [-0.4, -0.2) is 48.3 Å². The maximum absolute atomic E-state index is 13.2. The molecule has 1 fully saturated rings. The molecular weight excluding hydrogens is 454 g/mol. The first-order valence-corrected chi connectivity index (χ1v) is 12.3. The van der Waals surface area contributed by atoms with Gasteiger partial charge in [-0.25, -0.2) is 0 Å². The van der Waals surface area contributed by atoms with Gasteiger partial charge in [-0.2, -0.15) is 0 Å². The fraction of sp³-hybridized carbons (Fsp3) is 0.310. The Balaban J connectivity index is 1.48. The Hall–Kier alpha value is -3.84. The highest BCUT2D eigenvalue weighted by Gasteiger charge is 2.25. The van der Waals surface area contributed by atoms with Crippen LogP contribution in [0, 0.1) is 0 Å². The van der Waals surface area contributed by atoms with Crippen molar-refractivity contribution in [2.45, 2.75) is 44.9 Å². The van der Waals surface area contributed by atoms with E-state index in [-0.39, 0.29) is 36.2 Å². The molecule has 2 amide bonds. The van der Waals surface area contributed by atoms with Crippen molar-refractivity contribution in [2.75, 3.05) is 23.3 Å². The van der Waals surface area contributed by atoms with Crippen LogP contribution in [0.5, 0.6) is 5.75 Å². The van der Waals surface area contributed by atoms with E-state index >= 15 is 0 Å². The zero-order valence-electron chi connectivity index (χ0n) is 20.7. The maximum atomic E-state index is 13.2. The molecule has 188 valence electrons. The van der Waals surface area contributed by atoms with Crippen LogP contribution < -0.4 is 15.5 Å². The van der Waals surface area contributed by atoms with Gasteiger partial charge in [0.05, 0.1) is 23.6 Å². The first kappa shape index (κ1) is 25.3. The van der Waals surface area contributed by atoms with Crippen molar-refractivity contribution in [3.8, 4) is 5.75 Å². The number of carbonyl (C=O) groups excluding carboxylic acids is 2. The Morgan fingerprint density at radius 1 is 0.944 bits per heavy atom. The molecule has 3 aromatic carbocycles. The summed E-state index contributed by atoms with van der Waals surface area (Å²) >= 11 is 0. The van der Waals surface area contributed by atoms with E-state index in [0.29, 0.717) is 12.0 Å². The lowest BCUT2D eigenvalue weighted by molar-refractivity contribution is -0.116. The van der Waals surface area contributed by atoms with Crippen LogP contribution in [0.4, 0.5) is 11.4 Å². The van der Waals surface area contributed by atoms with Crippen LogP contribution in [0.15, 0.2) is 78.9 Å². The fourth-order valence-electron chi connectivity index (χ4n) is 4.60. The Kier molecular flexibility index (Phi) is 8.23. The van der Waals surface area contributed by atoms with Gasteiger partial charge >= 0.3 is 0 Å². The molecule has 0 aromatic heterocycles. The number of phenols is 1. The highest BCUT2D eigenvalue weighted by Crippen LogP contribution is 2.29. The number of hydrogen-bond acceptors (Lipinski definition) is 5. The summed E-state index contributed by atoms with van der Waals surface area (Å²) in [6, 6.07) is 23.1. The molecule has 7 nitrogen and oxygen atoms in total. The first-order valence-electron chi connectivity index (χ1n) is 12.3. The quantitative estimate of drug-likeness (QED) is 0.439. The van der Waals surface area contributed by atoms with E-state index in [1.165, 1.54) is 0 Å². The van der Waals surface area contributed by atoms with Crippen molar-refractivity contribution in [2.24, 2.45) is 0 Å². The number of hydrogen-bond donors (Lipinski definition) is 3. The molecule has 0 saturated carbocycles. The van der Waals surface area contributed by atoms with Crippen LogP contribution >= 0.6 is 0 Å². The molecule has 4 rings (SSSR count). The number of para-hydroxylation sites is 2. The summed E-state index contributed by atoms with van der Waals surface area (Å²) in [5.74, 6) is -0.248. The Morgan fingerprint density at radius 2 is 1.58 bits per heavy atom. The Bertz CT molecular complexity index is 1160. The van der Waals surface area contributed by atoms with E-state index in [4.69, 9.17) is 4.74 Å². The van der Waals surface area contributed by atoms with E-state index in [9.17, 15) is 14.7 Å². The standard InChI is InChI=1S/C29H33N3O4/c1-20-18-32(19-21(2)36-20)27-11-7-6-10-26(27)31-28(34)17-24(16-22-12-14-25(33)15-13-22)30-29(35)23-8-4-3-5-9-23/h3-15,20-21,24,33H,16-19H2,1-2H3,(H,30,35)(H,31,34). The first-order chi connectivity index (χ1) is 17.4. The van der Waals surface area contributed by atoms with Gasteiger partial charge in [-0.05, 0) is 62.2 Å². The normalized spacial score (nSPS) is 18.3. The average molecular weight is 488 g/mol. The number of nitrogens with one attached hydrogen (secondary N) is 2. The van der Waals surface area contributed by atoms with Crippen molar-refractivity contribution < 1.29 is 19.4 Å². The minimum absolute atomic E-state index is 0.0976. The minimum Gasteiger partial charge on any atom is -0.508 e. The smallest absolute Gasteiger partial charge is 0.251 e. The molecule has 7 heteroatoms. The Labute approximate surface area is 212 Å². The number of rotatable bonds is 8. The maximum Gasteiger partial charge on any atom is 0.251 e. The number of amides is 2. The molecule has 3 aromatic rings. The van der Waals surface area contributed by atoms with Gasteiger partial charge in [-0.15, -0.1) is 0 Å². The predicted molar refractivity (Wildman–Crippen MR) is 141 cm³/mol. The second-order valence-electron chi connectivity index (χ2n) is 9.34. The van der Waals surface area contributed by atoms with E-state index in [0.717, 1.165) is 30.0 Å². The van der Waals surface area contributed by atoms with Gasteiger partial charge in [0.2, 0.25) is 5.91 Å². The number of anilines is 2. The van der Waals surface area contributed by atoms with Crippen LogP contribution in [0.3, 0.4) is 0 Å². The zero-order valence-corrected chi connectivity index (χ0v) is 20.7. The van der Waals surface area contributed by atoms with E-state index in [2.05, 4.69) is 15.5 Å². The van der Waals surface area contributed by atoms with Gasteiger partial charge in [-0.3, -0.25) is 9.59 Å². The van der Waals surface area contributed by atoms with E-state index < -0.39 is 6.04 Å². The molecule has 3 N–H and O–H groups in total. The number of benzene rings is 3. The largest absolute Gasteiger partial charge is 0.508 e. The number of phenolic OH excluding ortho intramolecular Hbond substituents is 1. The summed E-state index contributed by atoms with van der Waals surface area (Å²) in [4.78, 5) is 28.3. The van der Waals surface area contributed by atoms with E-state index in [1.807, 2.05) is 44.2 Å². The van der Waals surface area contributed by atoms with Crippen molar-refractivity contribution >= 4 is 23.2 Å². The molecule has 36 heavy (non-hydrogen) atoms. The van der Waals surface area contributed by atoms with Gasteiger partial charge in [-0.1, -0.05) is 42.5 Å². The predicted octanol–water partition coefficient (Wildman–Crippen LogP) is 4.38. The molecular formula is C29H33N3O4. The lowest BCUT2D eigenvalue weighted by Gasteiger charge is -2.37. The number of aromatic hydroxyl groups is 1. The third-order valence-corrected chi connectivity index (χ3v) is 6.16. The monoisotopic (exact) mass is 487 g/mol. The molecule has 0 aliphatic carbocycles. The van der Waals surface area contributed by atoms with Crippen molar-refractivity contribution in [3.63, 3.8) is 0 Å². The summed E-state index contributed by atoms with van der Waals surface area (Å²) in [6.45, 7) is 5.59. The summed E-state index contributed by atoms with van der Waals surface area (Å²) in [5.41, 5.74) is 3.14. The van der Waals surface area contributed by atoms with Gasteiger partial charge < -0.3 is 25.4 Å². The summed E-state index contributed by atoms with van der Waals surface area (Å²) < 4.78 is 5.86. The van der Waals surface area contributed by atoms with E-state index in [1.54, 1.807) is 48.5 Å². The van der Waals surface area contributed by atoms with Crippen molar-refractivity contribution in [1.29, 1.82) is 0 Å². The number of carbonyl (C=O) groups is 2. The molecule has 3 atom stereocenters. The molecule has 1 saturated heterocycles. The van der Waals surface area contributed by atoms with Gasteiger partial charge in [0.25, 0.3) is 5.91 Å². The van der Waals surface area contributed by atoms with Crippen LogP contribution in [0.1, 0.15) is 36.2 Å². The number of ether oxygens (including phenoxy) is 1. The lowest BCUT2D eigenvalue weighted by atomic mass is 10.0. The molecule has 1 aliphatic heterocycles. The topological polar surface area (TPSA) is 90.9 Å². The lowest BCUT2D eigenvalue weighted by Crippen LogP contribution is -2.45. The summed E-state index contributed by atoms with van der Waals surface area (Å²) in [6.07, 6.45) is 0.747. The highest BCUT2D eigenvalue weighted by molar-refractivity contribution is 5.97. The molecule has 1 heterocycles. The van der Waals surface area contributed by atoms with Crippen LogP contribution in [-0.2, 0) is 16.0 Å². The van der Waals surface area contributed by atoms with Gasteiger partial charge in [0.1, 0.15) is 5.75 Å². The summed E-state index contributed by atoms with van der Waals surface area (Å²) in [5, 5.41) is 15.7. The van der Waals surface area contributed by atoms with Crippen LogP contribution in [0.2, 0.25) is 0 Å². The highest BCUT2D eigenvalue weighted by atomic mass is 16.5. The average Bonchev–Trinajstić information content (AvgIpc) is 2.85. The number of nitrogens with zero attached hydrogens (tertiary/aromatic N) is 1. The third-order valence-electron chi connectivity index (χ3n) is 6.16. The summed E-state index contributed by atoms with van der Waals surface area (Å²) in [7, 11) is 0. The second kappa shape index (κ2) is 11.7. The molecule has 0 bridgehead atoms. The number of morpholine rings is 1. The second-order valence-corrected chi connectivity index (χ2v) is 9.34. The van der Waals surface area contributed by atoms with Gasteiger partial charge in [0, 0.05) is 31.1 Å². The van der Waals surface area contributed by atoms with Crippen molar-refractivity contribution in [3.05, 3.63) is 90.0 Å². The SMILES string of the molecule is CC1CN(c2ccccc2NC(=O)CC(Cc2ccc(O)cc2)NC(=O)c2ccccc2)CC(C)O1. The van der Waals surface area contributed by atoms with Crippen molar-refractivity contribution in [1.82, 2.24) is 5.32 Å². The minimum atomic E-state index is -0.433. The fourth-order valence-corrected chi connectivity index (χ4v) is 4.60. The van der Waals surface area contributed by atoms with Crippen LogP contribution in [0.25, 0.3) is 0 Å². The molecule has 0 spiro atoms. The Morgan fingerprint density at radius 3 is 2.28 bits per heavy atom. The zero-order chi connectivity index (χ0) is 25.5.